The maximum Gasteiger partial charge on any atom is 0.308 e. The summed E-state index contributed by atoms with van der Waals surface area (Å²) in [7, 11) is 1.41. The number of methoxy groups -OCH3 is 1. The number of nitro groups is 1. The minimum absolute atomic E-state index is 0.0695. The first-order valence-corrected chi connectivity index (χ1v) is 7.77. The third-order valence-corrected chi connectivity index (χ3v) is 4.83. The Morgan fingerprint density at radius 3 is 2.58 bits per heavy atom. The van der Waals surface area contributed by atoms with E-state index >= 15 is 0 Å². The van der Waals surface area contributed by atoms with Gasteiger partial charge in [0.15, 0.2) is 0 Å². The molecule has 3 rings (SSSR count). The summed E-state index contributed by atoms with van der Waals surface area (Å²) in [5.41, 5.74) is -0.373. The summed E-state index contributed by atoms with van der Waals surface area (Å²) in [5.74, 6) is -1.43. The van der Waals surface area contributed by atoms with Gasteiger partial charge in [-0.3, -0.25) is 19.7 Å². The van der Waals surface area contributed by atoms with Crippen LogP contribution in [0.5, 0.6) is 5.75 Å². The standard InChI is InChI=1S/C16H18N2O6/c1-24-10-4-5-14(18(22)23)11(6-10)15(19)17-7-12(9-2-3-9)13(8-17)16(20)21/h4-6,9,12-13H,2-3,7-8H2,1H3,(H,20,21)/t12-,13+/m1/s1. The van der Waals surface area contributed by atoms with Crippen molar-refractivity contribution in [2.75, 3.05) is 20.2 Å². The quantitative estimate of drug-likeness (QED) is 0.649. The number of hydrogen-bond acceptors (Lipinski definition) is 5. The van der Waals surface area contributed by atoms with E-state index in [1.807, 2.05) is 0 Å². The molecule has 0 aromatic heterocycles. The van der Waals surface area contributed by atoms with Gasteiger partial charge in [0, 0.05) is 19.2 Å². The number of aliphatic carboxylic acids is 1. The molecule has 0 spiro atoms. The molecule has 1 heterocycles. The third-order valence-electron chi connectivity index (χ3n) is 4.83. The van der Waals surface area contributed by atoms with E-state index < -0.39 is 22.7 Å². The summed E-state index contributed by atoms with van der Waals surface area (Å²) >= 11 is 0. The summed E-state index contributed by atoms with van der Waals surface area (Å²) in [6, 6.07) is 3.99. The van der Waals surface area contributed by atoms with E-state index in [1.54, 1.807) is 0 Å². The van der Waals surface area contributed by atoms with Crippen LogP contribution in [0.25, 0.3) is 0 Å². The lowest BCUT2D eigenvalue weighted by Crippen LogP contribution is -2.30. The molecule has 2 atom stereocenters. The monoisotopic (exact) mass is 334 g/mol. The number of carboxylic acid groups (broad SMARTS) is 1. The normalized spacial score (nSPS) is 23.1. The Morgan fingerprint density at radius 2 is 2.04 bits per heavy atom. The molecule has 24 heavy (non-hydrogen) atoms. The van der Waals surface area contributed by atoms with Gasteiger partial charge in [0.2, 0.25) is 0 Å². The highest BCUT2D eigenvalue weighted by Gasteiger charge is 2.47. The average Bonchev–Trinajstić information content (AvgIpc) is 3.31. The number of amides is 1. The molecule has 1 aliphatic heterocycles. The van der Waals surface area contributed by atoms with Crippen molar-refractivity contribution in [1.29, 1.82) is 0 Å². The molecule has 1 N–H and O–H groups in total. The van der Waals surface area contributed by atoms with Crippen molar-refractivity contribution >= 4 is 17.6 Å². The Bertz CT molecular complexity index is 700. The molecule has 8 heteroatoms. The summed E-state index contributed by atoms with van der Waals surface area (Å²) in [5, 5.41) is 20.6. The number of carbonyl (C=O) groups is 2. The molecular weight excluding hydrogens is 316 g/mol. The van der Waals surface area contributed by atoms with Gasteiger partial charge in [-0.2, -0.15) is 0 Å². The first-order chi connectivity index (χ1) is 11.4. The fourth-order valence-electron chi connectivity index (χ4n) is 3.40. The number of likely N-dealkylation sites (tertiary alicyclic amines) is 1. The van der Waals surface area contributed by atoms with E-state index in [0.29, 0.717) is 18.2 Å². The first-order valence-electron chi connectivity index (χ1n) is 7.77. The van der Waals surface area contributed by atoms with Crippen molar-refractivity contribution in [1.82, 2.24) is 4.90 Å². The molecule has 1 aromatic carbocycles. The number of benzene rings is 1. The lowest BCUT2D eigenvalue weighted by molar-refractivity contribution is -0.385. The minimum atomic E-state index is -0.914. The Morgan fingerprint density at radius 1 is 1.33 bits per heavy atom. The molecule has 2 aliphatic rings. The van der Waals surface area contributed by atoms with Crippen molar-refractivity contribution in [3.63, 3.8) is 0 Å². The Kier molecular flexibility index (Phi) is 4.13. The van der Waals surface area contributed by atoms with Crippen molar-refractivity contribution in [2.24, 2.45) is 17.8 Å². The van der Waals surface area contributed by atoms with E-state index in [-0.39, 0.29) is 23.7 Å². The summed E-state index contributed by atoms with van der Waals surface area (Å²) < 4.78 is 5.04. The van der Waals surface area contributed by atoms with Crippen LogP contribution in [0.3, 0.4) is 0 Å². The van der Waals surface area contributed by atoms with Crippen LogP contribution >= 0.6 is 0 Å². The fourth-order valence-corrected chi connectivity index (χ4v) is 3.40. The second-order valence-electron chi connectivity index (χ2n) is 6.30. The minimum Gasteiger partial charge on any atom is -0.497 e. The van der Waals surface area contributed by atoms with Gasteiger partial charge in [-0.25, -0.2) is 0 Å². The number of carboxylic acids is 1. The van der Waals surface area contributed by atoms with Crippen molar-refractivity contribution < 1.29 is 24.4 Å². The lowest BCUT2D eigenvalue weighted by atomic mass is 9.92. The molecule has 8 nitrogen and oxygen atoms in total. The number of ether oxygens (including phenoxy) is 1. The van der Waals surface area contributed by atoms with Crippen LogP contribution in [0.15, 0.2) is 18.2 Å². The molecule has 0 radical (unpaired) electrons. The lowest BCUT2D eigenvalue weighted by Gasteiger charge is -2.16. The van der Waals surface area contributed by atoms with Gasteiger partial charge < -0.3 is 14.7 Å². The van der Waals surface area contributed by atoms with Gasteiger partial charge in [-0.05, 0) is 36.8 Å². The number of rotatable bonds is 5. The molecular formula is C16H18N2O6. The number of hydrogen-bond donors (Lipinski definition) is 1. The van der Waals surface area contributed by atoms with Gasteiger partial charge in [0.05, 0.1) is 18.0 Å². The Labute approximate surface area is 138 Å². The molecule has 0 unspecified atom stereocenters. The predicted octanol–water partition coefficient (Wildman–Crippen LogP) is 1.79. The maximum atomic E-state index is 12.8. The molecule has 0 bridgehead atoms. The van der Waals surface area contributed by atoms with Gasteiger partial charge in [-0.1, -0.05) is 0 Å². The largest absolute Gasteiger partial charge is 0.497 e. The van der Waals surface area contributed by atoms with Crippen LogP contribution in [-0.4, -0.2) is 47.0 Å². The Hall–Kier alpha value is -2.64. The van der Waals surface area contributed by atoms with Crippen LogP contribution in [0.1, 0.15) is 23.2 Å². The highest BCUT2D eigenvalue weighted by molar-refractivity contribution is 5.99. The van der Waals surface area contributed by atoms with Crippen LogP contribution in [-0.2, 0) is 4.79 Å². The van der Waals surface area contributed by atoms with E-state index in [1.165, 1.54) is 30.2 Å². The van der Waals surface area contributed by atoms with Crippen molar-refractivity contribution in [3.05, 3.63) is 33.9 Å². The maximum absolute atomic E-state index is 12.8. The van der Waals surface area contributed by atoms with Crippen LogP contribution in [0, 0.1) is 27.9 Å². The van der Waals surface area contributed by atoms with E-state index in [2.05, 4.69) is 0 Å². The third kappa shape index (κ3) is 2.91. The second kappa shape index (κ2) is 6.10. The average molecular weight is 334 g/mol. The predicted molar refractivity (Wildman–Crippen MR) is 82.9 cm³/mol. The zero-order valence-corrected chi connectivity index (χ0v) is 13.2. The van der Waals surface area contributed by atoms with Crippen LogP contribution in [0.4, 0.5) is 5.69 Å². The number of carbonyl (C=O) groups excluding carboxylic acids is 1. The zero-order valence-electron chi connectivity index (χ0n) is 13.2. The van der Waals surface area contributed by atoms with Crippen molar-refractivity contribution in [2.45, 2.75) is 12.8 Å². The van der Waals surface area contributed by atoms with E-state index in [9.17, 15) is 24.8 Å². The highest BCUT2D eigenvalue weighted by Crippen LogP contribution is 2.44. The van der Waals surface area contributed by atoms with Gasteiger partial charge in [0.1, 0.15) is 11.3 Å². The molecule has 128 valence electrons. The SMILES string of the molecule is COc1ccc([N+](=O)[O-])c(C(=O)N2C[C@H](C(=O)O)[C@@H](C3CC3)C2)c1. The molecule has 1 saturated carbocycles. The van der Waals surface area contributed by atoms with Gasteiger partial charge >= 0.3 is 5.97 Å². The number of nitrogens with zero attached hydrogens (tertiary/aromatic N) is 2. The van der Waals surface area contributed by atoms with E-state index in [4.69, 9.17) is 4.74 Å². The molecule has 1 aromatic rings. The summed E-state index contributed by atoms with van der Waals surface area (Å²) in [6.07, 6.45) is 1.96. The van der Waals surface area contributed by atoms with Gasteiger partial charge in [-0.15, -0.1) is 0 Å². The summed E-state index contributed by atoms with van der Waals surface area (Å²) in [6.45, 7) is 0.415. The Balaban J connectivity index is 1.89. The van der Waals surface area contributed by atoms with Gasteiger partial charge in [0.25, 0.3) is 11.6 Å². The van der Waals surface area contributed by atoms with Crippen molar-refractivity contribution in [3.8, 4) is 5.75 Å². The first kappa shape index (κ1) is 16.2. The fraction of sp³-hybridized carbons (Fsp3) is 0.500. The molecule has 2 fully saturated rings. The topological polar surface area (TPSA) is 110 Å². The number of nitro benzene ring substituents is 1. The molecule has 1 amide bonds. The second-order valence-corrected chi connectivity index (χ2v) is 6.30. The smallest absolute Gasteiger partial charge is 0.308 e. The van der Waals surface area contributed by atoms with Crippen LogP contribution in [0.2, 0.25) is 0 Å². The highest BCUT2D eigenvalue weighted by atomic mass is 16.6. The van der Waals surface area contributed by atoms with E-state index in [0.717, 1.165) is 12.8 Å². The zero-order chi connectivity index (χ0) is 17.4. The molecule has 1 aliphatic carbocycles. The summed E-state index contributed by atoms with van der Waals surface area (Å²) in [4.78, 5) is 36.2. The van der Waals surface area contributed by atoms with Crippen LogP contribution < -0.4 is 4.74 Å². The molecule has 1 saturated heterocycles.